The van der Waals surface area contributed by atoms with Crippen LogP contribution in [-0.2, 0) is 6.54 Å². The Hall–Kier alpha value is -2.50. The summed E-state index contributed by atoms with van der Waals surface area (Å²) in [5.41, 5.74) is 1.95. The van der Waals surface area contributed by atoms with E-state index in [4.69, 9.17) is 0 Å². The minimum absolute atomic E-state index is 0.0836. The van der Waals surface area contributed by atoms with Crippen molar-refractivity contribution in [1.82, 2.24) is 14.8 Å². The molecule has 5 heteroatoms. The molecule has 0 radical (unpaired) electrons. The van der Waals surface area contributed by atoms with E-state index < -0.39 is 0 Å². The van der Waals surface area contributed by atoms with Gasteiger partial charge in [0.2, 0.25) is 0 Å². The van der Waals surface area contributed by atoms with E-state index in [1.807, 2.05) is 34.4 Å². The second kappa shape index (κ2) is 7.81. The maximum atomic E-state index is 12.5. The molecule has 26 heavy (non-hydrogen) atoms. The first-order valence-corrected chi connectivity index (χ1v) is 9.67. The van der Waals surface area contributed by atoms with Crippen molar-refractivity contribution < 1.29 is 4.79 Å². The number of pyridine rings is 1. The Morgan fingerprint density at radius 3 is 2.50 bits per heavy atom. The van der Waals surface area contributed by atoms with Crippen molar-refractivity contribution in [3.63, 3.8) is 0 Å². The average Bonchev–Trinajstić information content (AvgIpc) is 3.18. The summed E-state index contributed by atoms with van der Waals surface area (Å²) in [5.74, 6) is 0.0836. The van der Waals surface area contributed by atoms with Crippen LogP contribution in [0.3, 0.4) is 0 Å². The topological polar surface area (TPSA) is 36.4 Å². The van der Waals surface area contributed by atoms with Gasteiger partial charge in [-0.1, -0.05) is 30.3 Å². The van der Waals surface area contributed by atoms with Crippen molar-refractivity contribution in [2.24, 2.45) is 0 Å². The molecule has 0 bridgehead atoms. The molecule has 1 fully saturated rings. The third kappa shape index (κ3) is 3.84. The molecule has 1 aliphatic rings. The number of thiophene rings is 1. The fourth-order valence-electron chi connectivity index (χ4n) is 3.22. The van der Waals surface area contributed by atoms with Crippen LogP contribution >= 0.6 is 11.3 Å². The Morgan fingerprint density at radius 2 is 1.77 bits per heavy atom. The van der Waals surface area contributed by atoms with Gasteiger partial charge in [-0.05, 0) is 29.8 Å². The number of carbonyl (C=O) groups excluding carboxylic acids is 1. The smallest absolute Gasteiger partial charge is 0.255 e. The van der Waals surface area contributed by atoms with E-state index in [9.17, 15) is 4.79 Å². The molecular formula is C21H21N3OS. The number of aromatic nitrogens is 1. The first-order chi connectivity index (χ1) is 12.8. The lowest BCUT2D eigenvalue weighted by Crippen LogP contribution is -2.48. The van der Waals surface area contributed by atoms with Crippen LogP contribution in [0.1, 0.15) is 15.2 Å². The summed E-state index contributed by atoms with van der Waals surface area (Å²) >= 11 is 1.85. The zero-order valence-corrected chi connectivity index (χ0v) is 15.4. The molecule has 0 unspecified atom stereocenters. The highest BCUT2D eigenvalue weighted by atomic mass is 32.1. The van der Waals surface area contributed by atoms with Gasteiger partial charge >= 0.3 is 0 Å². The van der Waals surface area contributed by atoms with E-state index in [0.29, 0.717) is 5.56 Å². The molecule has 4 rings (SSSR count). The van der Waals surface area contributed by atoms with Crippen molar-refractivity contribution in [3.05, 3.63) is 77.4 Å². The third-order valence-corrected chi connectivity index (χ3v) is 5.79. The highest BCUT2D eigenvalue weighted by molar-refractivity contribution is 7.15. The predicted octanol–water partition coefficient (Wildman–Crippen LogP) is 3.77. The monoisotopic (exact) mass is 363 g/mol. The van der Waals surface area contributed by atoms with Gasteiger partial charge in [0.05, 0.1) is 5.56 Å². The first kappa shape index (κ1) is 16.9. The summed E-state index contributed by atoms with van der Waals surface area (Å²) < 4.78 is 0. The lowest BCUT2D eigenvalue weighted by molar-refractivity contribution is 0.0629. The molecule has 1 amide bonds. The van der Waals surface area contributed by atoms with Gasteiger partial charge < -0.3 is 4.90 Å². The Kier molecular flexibility index (Phi) is 5.09. The largest absolute Gasteiger partial charge is 0.336 e. The van der Waals surface area contributed by atoms with Crippen LogP contribution in [0.15, 0.2) is 67.0 Å². The normalized spacial score (nSPS) is 15.2. The van der Waals surface area contributed by atoms with Gasteiger partial charge in [-0.3, -0.25) is 14.7 Å². The summed E-state index contributed by atoms with van der Waals surface area (Å²) in [6, 6.07) is 18.6. The van der Waals surface area contributed by atoms with Gasteiger partial charge in [0.25, 0.3) is 5.91 Å². The van der Waals surface area contributed by atoms with E-state index in [0.717, 1.165) is 32.7 Å². The molecule has 4 nitrogen and oxygen atoms in total. The molecule has 0 N–H and O–H groups in total. The molecule has 0 aliphatic carbocycles. The first-order valence-electron chi connectivity index (χ1n) is 8.85. The van der Waals surface area contributed by atoms with Crippen LogP contribution in [0, 0.1) is 0 Å². The van der Waals surface area contributed by atoms with Gasteiger partial charge in [-0.25, -0.2) is 0 Å². The number of hydrogen-bond acceptors (Lipinski definition) is 4. The molecule has 3 heterocycles. The summed E-state index contributed by atoms with van der Waals surface area (Å²) in [6.07, 6.45) is 3.34. The summed E-state index contributed by atoms with van der Waals surface area (Å²) in [6.45, 7) is 4.30. The van der Waals surface area contributed by atoms with Gasteiger partial charge in [0.1, 0.15) is 0 Å². The summed E-state index contributed by atoms with van der Waals surface area (Å²) in [5, 5.41) is 0. The van der Waals surface area contributed by atoms with Crippen molar-refractivity contribution in [1.29, 1.82) is 0 Å². The summed E-state index contributed by atoms with van der Waals surface area (Å²) in [7, 11) is 0. The Labute approximate surface area is 157 Å². The lowest BCUT2D eigenvalue weighted by Gasteiger charge is -2.34. The van der Waals surface area contributed by atoms with Crippen molar-refractivity contribution in [2.45, 2.75) is 6.54 Å². The van der Waals surface area contributed by atoms with Crippen LogP contribution in [0.25, 0.3) is 10.4 Å². The third-order valence-electron chi connectivity index (χ3n) is 4.67. The van der Waals surface area contributed by atoms with Crippen LogP contribution in [0.4, 0.5) is 0 Å². The number of amides is 1. The lowest BCUT2D eigenvalue weighted by atomic mass is 10.2. The molecule has 0 atom stereocenters. The molecule has 0 spiro atoms. The molecule has 2 aromatic heterocycles. The Bertz CT molecular complexity index is 855. The predicted molar refractivity (Wildman–Crippen MR) is 105 cm³/mol. The van der Waals surface area contributed by atoms with E-state index in [1.165, 1.54) is 15.3 Å². The molecule has 3 aromatic rings. The molecule has 1 saturated heterocycles. The number of rotatable bonds is 4. The Balaban J connectivity index is 1.33. The van der Waals surface area contributed by atoms with Gasteiger partial charge in [-0.15, -0.1) is 11.3 Å². The van der Waals surface area contributed by atoms with Crippen molar-refractivity contribution in [2.75, 3.05) is 26.2 Å². The van der Waals surface area contributed by atoms with Crippen molar-refractivity contribution in [3.8, 4) is 10.4 Å². The molecule has 0 saturated carbocycles. The fraction of sp³-hybridized carbons (Fsp3) is 0.238. The number of hydrogen-bond donors (Lipinski definition) is 0. The maximum absolute atomic E-state index is 12.5. The minimum atomic E-state index is 0.0836. The maximum Gasteiger partial charge on any atom is 0.255 e. The second-order valence-electron chi connectivity index (χ2n) is 6.44. The van der Waals surface area contributed by atoms with Gasteiger partial charge in [-0.2, -0.15) is 0 Å². The molecule has 132 valence electrons. The SMILES string of the molecule is O=C(c1cccnc1)N1CCN(Cc2ccc(-c3ccccc3)s2)CC1. The number of carbonyl (C=O) groups is 1. The highest BCUT2D eigenvalue weighted by Crippen LogP contribution is 2.28. The number of nitrogens with zero attached hydrogens (tertiary/aromatic N) is 3. The highest BCUT2D eigenvalue weighted by Gasteiger charge is 2.22. The molecule has 1 aliphatic heterocycles. The standard InChI is InChI=1S/C21H21N3OS/c25-21(18-7-4-10-22-15-18)24-13-11-23(12-14-24)16-19-8-9-20(26-19)17-5-2-1-3-6-17/h1-10,15H,11-14,16H2. The number of benzene rings is 1. The zero-order chi connectivity index (χ0) is 17.8. The average molecular weight is 363 g/mol. The van der Waals surface area contributed by atoms with Gasteiger partial charge in [0.15, 0.2) is 0 Å². The Morgan fingerprint density at radius 1 is 0.962 bits per heavy atom. The molecular weight excluding hydrogens is 342 g/mol. The van der Waals surface area contributed by atoms with Crippen LogP contribution in [-0.4, -0.2) is 46.9 Å². The van der Waals surface area contributed by atoms with Crippen LogP contribution < -0.4 is 0 Å². The fourth-order valence-corrected chi connectivity index (χ4v) is 4.28. The quantitative estimate of drug-likeness (QED) is 0.708. The molecule has 1 aromatic carbocycles. The van der Waals surface area contributed by atoms with Crippen LogP contribution in [0.2, 0.25) is 0 Å². The van der Waals surface area contributed by atoms with E-state index >= 15 is 0 Å². The number of piperazine rings is 1. The van der Waals surface area contributed by atoms with Crippen LogP contribution in [0.5, 0.6) is 0 Å². The van der Waals surface area contributed by atoms with E-state index in [1.54, 1.807) is 12.4 Å². The van der Waals surface area contributed by atoms with E-state index in [-0.39, 0.29) is 5.91 Å². The second-order valence-corrected chi connectivity index (χ2v) is 7.61. The van der Waals surface area contributed by atoms with Gasteiger partial charge in [0, 0.05) is 54.9 Å². The zero-order valence-electron chi connectivity index (χ0n) is 14.5. The van der Waals surface area contributed by atoms with Crippen molar-refractivity contribution >= 4 is 17.2 Å². The minimum Gasteiger partial charge on any atom is -0.336 e. The van der Waals surface area contributed by atoms with E-state index in [2.05, 4.69) is 46.3 Å². The summed E-state index contributed by atoms with van der Waals surface area (Å²) in [4.78, 5) is 23.6.